The second kappa shape index (κ2) is 8.37. The van der Waals surface area contributed by atoms with Crippen LogP contribution < -0.4 is 10.1 Å². The molecule has 0 spiro atoms. The molecule has 2 aromatic carbocycles. The molecule has 122 valence electrons. The molecular formula is C20H25NO2. The van der Waals surface area contributed by atoms with Gasteiger partial charge in [-0.3, -0.25) is 4.79 Å². The summed E-state index contributed by atoms with van der Waals surface area (Å²) in [6.45, 7) is 6.90. The summed E-state index contributed by atoms with van der Waals surface area (Å²) < 4.78 is 5.54. The van der Waals surface area contributed by atoms with E-state index in [1.165, 1.54) is 5.56 Å². The van der Waals surface area contributed by atoms with E-state index in [9.17, 15) is 4.79 Å². The number of rotatable bonds is 7. The molecular weight excluding hydrogens is 286 g/mol. The highest BCUT2D eigenvalue weighted by molar-refractivity contribution is 5.94. The lowest BCUT2D eigenvalue weighted by Crippen LogP contribution is -2.28. The molecule has 1 atom stereocenters. The summed E-state index contributed by atoms with van der Waals surface area (Å²) >= 11 is 0. The molecule has 0 aliphatic heterocycles. The predicted octanol–water partition coefficient (Wildman–Crippen LogP) is 4.66. The zero-order valence-corrected chi connectivity index (χ0v) is 14.1. The fraction of sp³-hybridized carbons (Fsp3) is 0.350. The standard InChI is InChI=1S/C20H25NO2/c1-4-14-23-18-12-10-17(11-13-18)20(22)21-19(5-2)16-8-6-15(3)7-9-16/h6-13,19H,4-5,14H2,1-3H3,(H,21,22)/t19-/m1/s1. The van der Waals surface area contributed by atoms with Gasteiger partial charge in [-0.05, 0) is 49.6 Å². The number of hydrogen-bond donors (Lipinski definition) is 1. The van der Waals surface area contributed by atoms with E-state index in [0.29, 0.717) is 12.2 Å². The van der Waals surface area contributed by atoms with Crippen molar-refractivity contribution < 1.29 is 9.53 Å². The predicted molar refractivity (Wildman–Crippen MR) is 93.9 cm³/mol. The Balaban J connectivity index is 2.03. The maximum Gasteiger partial charge on any atom is 0.251 e. The Bertz CT molecular complexity index is 617. The molecule has 0 aromatic heterocycles. The van der Waals surface area contributed by atoms with Gasteiger partial charge in [0.2, 0.25) is 0 Å². The maximum absolute atomic E-state index is 12.4. The molecule has 3 heteroatoms. The molecule has 1 amide bonds. The van der Waals surface area contributed by atoms with Gasteiger partial charge in [-0.2, -0.15) is 0 Å². The van der Waals surface area contributed by atoms with E-state index >= 15 is 0 Å². The van der Waals surface area contributed by atoms with Crippen LogP contribution in [0.15, 0.2) is 48.5 Å². The lowest BCUT2D eigenvalue weighted by Gasteiger charge is -2.18. The van der Waals surface area contributed by atoms with Crippen LogP contribution in [-0.4, -0.2) is 12.5 Å². The highest BCUT2D eigenvalue weighted by Crippen LogP contribution is 2.19. The van der Waals surface area contributed by atoms with Crippen LogP contribution in [0.5, 0.6) is 5.75 Å². The lowest BCUT2D eigenvalue weighted by molar-refractivity contribution is 0.0935. The Morgan fingerprint density at radius 1 is 1.04 bits per heavy atom. The summed E-state index contributed by atoms with van der Waals surface area (Å²) in [5.74, 6) is 0.744. The van der Waals surface area contributed by atoms with Crippen molar-refractivity contribution in [2.24, 2.45) is 0 Å². The molecule has 0 saturated carbocycles. The molecule has 3 nitrogen and oxygen atoms in total. The maximum atomic E-state index is 12.4. The van der Waals surface area contributed by atoms with Crippen molar-refractivity contribution in [3.05, 3.63) is 65.2 Å². The summed E-state index contributed by atoms with van der Waals surface area (Å²) in [5, 5.41) is 3.10. The van der Waals surface area contributed by atoms with Crippen LogP contribution in [0.4, 0.5) is 0 Å². The molecule has 2 aromatic rings. The molecule has 1 N–H and O–H groups in total. The van der Waals surface area contributed by atoms with Crippen LogP contribution in [0, 0.1) is 6.92 Å². The van der Waals surface area contributed by atoms with E-state index < -0.39 is 0 Å². The molecule has 0 saturated heterocycles. The first-order valence-corrected chi connectivity index (χ1v) is 8.24. The van der Waals surface area contributed by atoms with E-state index in [1.807, 2.05) is 24.3 Å². The molecule has 0 aliphatic rings. The fourth-order valence-electron chi connectivity index (χ4n) is 2.38. The molecule has 0 fully saturated rings. The van der Waals surface area contributed by atoms with Gasteiger partial charge in [-0.25, -0.2) is 0 Å². The topological polar surface area (TPSA) is 38.3 Å². The van der Waals surface area contributed by atoms with Crippen LogP contribution in [0.3, 0.4) is 0 Å². The Morgan fingerprint density at radius 3 is 2.26 bits per heavy atom. The number of nitrogens with one attached hydrogen (secondary N) is 1. The van der Waals surface area contributed by atoms with Gasteiger partial charge in [0.25, 0.3) is 5.91 Å². The Kier molecular flexibility index (Phi) is 6.21. The molecule has 0 radical (unpaired) electrons. The van der Waals surface area contributed by atoms with Gasteiger partial charge in [0.1, 0.15) is 5.75 Å². The zero-order valence-electron chi connectivity index (χ0n) is 14.1. The summed E-state index contributed by atoms with van der Waals surface area (Å²) in [5.41, 5.74) is 3.01. The minimum atomic E-state index is -0.0560. The average molecular weight is 311 g/mol. The van der Waals surface area contributed by atoms with E-state index in [-0.39, 0.29) is 11.9 Å². The van der Waals surface area contributed by atoms with Gasteiger partial charge in [0.05, 0.1) is 12.6 Å². The van der Waals surface area contributed by atoms with Crippen molar-refractivity contribution in [3.8, 4) is 5.75 Å². The summed E-state index contributed by atoms with van der Waals surface area (Å²) in [6.07, 6.45) is 1.82. The van der Waals surface area contributed by atoms with Crippen LogP contribution in [0.1, 0.15) is 54.2 Å². The van der Waals surface area contributed by atoms with Crippen molar-refractivity contribution in [2.75, 3.05) is 6.61 Å². The molecule has 23 heavy (non-hydrogen) atoms. The van der Waals surface area contributed by atoms with Crippen LogP contribution in [-0.2, 0) is 0 Å². The fourth-order valence-corrected chi connectivity index (χ4v) is 2.38. The first-order chi connectivity index (χ1) is 11.1. The number of carbonyl (C=O) groups is 1. The second-order valence-corrected chi connectivity index (χ2v) is 5.72. The smallest absolute Gasteiger partial charge is 0.251 e. The Morgan fingerprint density at radius 2 is 1.70 bits per heavy atom. The number of ether oxygens (including phenoxy) is 1. The van der Waals surface area contributed by atoms with Gasteiger partial charge in [-0.15, -0.1) is 0 Å². The Labute approximate surface area is 138 Å². The monoisotopic (exact) mass is 311 g/mol. The van der Waals surface area contributed by atoms with Crippen LogP contribution >= 0.6 is 0 Å². The summed E-state index contributed by atoms with van der Waals surface area (Å²) in [4.78, 5) is 12.4. The number of aryl methyl sites for hydroxylation is 1. The van der Waals surface area contributed by atoms with E-state index in [1.54, 1.807) is 0 Å². The van der Waals surface area contributed by atoms with Crippen LogP contribution in [0.2, 0.25) is 0 Å². The highest BCUT2D eigenvalue weighted by atomic mass is 16.5. The van der Waals surface area contributed by atoms with Crippen LogP contribution in [0.25, 0.3) is 0 Å². The third-order valence-corrected chi connectivity index (χ3v) is 3.78. The average Bonchev–Trinajstić information content (AvgIpc) is 2.59. The van der Waals surface area contributed by atoms with Crippen molar-refractivity contribution in [1.82, 2.24) is 5.32 Å². The van der Waals surface area contributed by atoms with E-state index in [4.69, 9.17) is 4.74 Å². The first kappa shape index (κ1) is 17.1. The van der Waals surface area contributed by atoms with Gasteiger partial charge < -0.3 is 10.1 Å². The molecule has 2 rings (SSSR count). The molecule has 0 bridgehead atoms. The molecule has 0 aliphatic carbocycles. The third-order valence-electron chi connectivity index (χ3n) is 3.78. The largest absolute Gasteiger partial charge is 0.494 e. The van der Waals surface area contributed by atoms with E-state index in [0.717, 1.165) is 24.2 Å². The normalized spacial score (nSPS) is 11.8. The van der Waals surface area contributed by atoms with E-state index in [2.05, 4.69) is 50.4 Å². The summed E-state index contributed by atoms with van der Waals surface area (Å²) in [6, 6.07) is 15.6. The SMILES string of the molecule is CCCOc1ccc(C(=O)N[C@H](CC)c2ccc(C)cc2)cc1. The zero-order chi connectivity index (χ0) is 16.7. The van der Waals surface area contributed by atoms with Gasteiger partial charge in [0.15, 0.2) is 0 Å². The summed E-state index contributed by atoms with van der Waals surface area (Å²) in [7, 11) is 0. The number of carbonyl (C=O) groups excluding carboxylic acids is 1. The number of amides is 1. The quantitative estimate of drug-likeness (QED) is 0.807. The highest BCUT2D eigenvalue weighted by Gasteiger charge is 2.14. The minimum Gasteiger partial charge on any atom is -0.494 e. The lowest BCUT2D eigenvalue weighted by atomic mass is 10.0. The third kappa shape index (κ3) is 4.85. The van der Waals surface area contributed by atoms with Crippen molar-refractivity contribution in [1.29, 1.82) is 0 Å². The van der Waals surface area contributed by atoms with Gasteiger partial charge in [0, 0.05) is 5.56 Å². The van der Waals surface area contributed by atoms with Gasteiger partial charge in [-0.1, -0.05) is 43.7 Å². The molecule has 0 unspecified atom stereocenters. The Hall–Kier alpha value is -2.29. The minimum absolute atomic E-state index is 0.0270. The second-order valence-electron chi connectivity index (χ2n) is 5.72. The first-order valence-electron chi connectivity index (χ1n) is 8.24. The number of benzene rings is 2. The van der Waals surface area contributed by atoms with Gasteiger partial charge >= 0.3 is 0 Å². The molecule has 0 heterocycles. The van der Waals surface area contributed by atoms with Crippen molar-refractivity contribution in [3.63, 3.8) is 0 Å². The van der Waals surface area contributed by atoms with Crippen molar-refractivity contribution in [2.45, 2.75) is 39.7 Å². The number of hydrogen-bond acceptors (Lipinski definition) is 2. The van der Waals surface area contributed by atoms with Crippen molar-refractivity contribution >= 4 is 5.91 Å².